The summed E-state index contributed by atoms with van der Waals surface area (Å²) in [5.41, 5.74) is 0.560. The third kappa shape index (κ3) is 3.73. The summed E-state index contributed by atoms with van der Waals surface area (Å²) in [7, 11) is -3.37. The van der Waals surface area contributed by atoms with Crippen LogP contribution in [0.25, 0.3) is 0 Å². The quantitative estimate of drug-likeness (QED) is 0.848. The number of anilines is 1. The van der Waals surface area contributed by atoms with Crippen LogP contribution < -0.4 is 4.90 Å². The molecule has 1 saturated heterocycles. The van der Waals surface area contributed by atoms with Crippen LogP contribution in [0.2, 0.25) is 0 Å². The van der Waals surface area contributed by atoms with Gasteiger partial charge in [0.25, 0.3) is 0 Å². The zero-order valence-electron chi connectivity index (χ0n) is 12.5. The van der Waals surface area contributed by atoms with E-state index in [0.29, 0.717) is 18.8 Å². The molecule has 0 amide bonds. The van der Waals surface area contributed by atoms with Gasteiger partial charge in [0.15, 0.2) is 9.84 Å². The Morgan fingerprint density at radius 1 is 1.09 bits per heavy atom. The predicted molar refractivity (Wildman–Crippen MR) is 78.9 cm³/mol. The Morgan fingerprint density at radius 2 is 1.64 bits per heavy atom. The number of sulfone groups is 1. The van der Waals surface area contributed by atoms with Crippen molar-refractivity contribution in [3.63, 3.8) is 0 Å². The molecule has 0 spiro atoms. The lowest BCUT2D eigenvalue weighted by Crippen LogP contribution is -2.53. The Balaban J connectivity index is 2.14. The minimum Gasteiger partial charge on any atom is -0.368 e. The van der Waals surface area contributed by atoms with E-state index < -0.39 is 22.1 Å². The zero-order chi connectivity index (χ0) is 16.5. The lowest BCUT2D eigenvalue weighted by Gasteiger charge is -2.39. The van der Waals surface area contributed by atoms with Crippen LogP contribution in [0.15, 0.2) is 29.2 Å². The number of piperazine rings is 1. The summed E-state index contributed by atoms with van der Waals surface area (Å²) in [5, 5.41) is 0. The first-order chi connectivity index (χ1) is 10.1. The van der Waals surface area contributed by atoms with Crippen LogP contribution in [0.5, 0.6) is 0 Å². The van der Waals surface area contributed by atoms with Gasteiger partial charge in [-0.05, 0) is 19.1 Å². The SMILES string of the molecule is C[C@H](N1CCN(c2ccccc2S(C)(=O)=O)CC1)C(F)(F)F. The van der Waals surface area contributed by atoms with E-state index in [1.165, 1.54) is 11.0 Å². The number of hydrogen-bond acceptors (Lipinski definition) is 4. The van der Waals surface area contributed by atoms with Gasteiger partial charge in [-0.25, -0.2) is 8.42 Å². The highest BCUT2D eigenvalue weighted by Crippen LogP contribution is 2.29. The van der Waals surface area contributed by atoms with Crippen molar-refractivity contribution in [3.05, 3.63) is 24.3 Å². The molecule has 8 heteroatoms. The van der Waals surface area contributed by atoms with E-state index in [9.17, 15) is 21.6 Å². The summed E-state index contributed by atoms with van der Waals surface area (Å²) < 4.78 is 61.8. The van der Waals surface area contributed by atoms with Crippen molar-refractivity contribution in [2.24, 2.45) is 0 Å². The van der Waals surface area contributed by atoms with Gasteiger partial charge in [0.05, 0.1) is 10.6 Å². The van der Waals surface area contributed by atoms with E-state index >= 15 is 0 Å². The second-order valence-electron chi connectivity index (χ2n) is 5.48. The van der Waals surface area contributed by atoms with E-state index in [0.717, 1.165) is 13.2 Å². The summed E-state index contributed by atoms with van der Waals surface area (Å²) in [5.74, 6) is 0. The monoisotopic (exact) mass is 336 g/mol. The van der Waals surface area contributed by atoms with Gasteiger partial charge >= 0.3 is 6.18 Å². The van der Waals surface area contributed by atoms with Gasteiger partial charge in [0.2, 0.25) is 0 Å². The molecule has 0 radical (unpaired) electrons. The minimum absolute atomic E-state index is 0.215. The second kappa shape index (κ2) is 6.08. The predicted octanol–water partition coefficient (Wildman–Crippen LogP) is 2.16. The Morgan fingerprint density at radius 3 is 2.14 bits per heavy atom. The first kappa shape index (κ1) is 17.1. The molecule has 1 aliphatic rings. The zero-order valence-corrected chi connectivity index (χ0v) is 13.3. The highest BCUT2D eigenvalue weighted by molar-refractivity contribution is 7.90. The van der Waals surface area contributed by atoms with Crippen LogP contribution >= 0.6 is 0 Å². The minimum atomic E-state index is -4.24. The molecular formula is C14H19F3N2O2S. The number of rotatable bonds is 3. The Kier molecular flexibility index (Phi) is 4.72. The third-order valence-electron chi connectivity index (χ3n) is 3.94. The van der Waals surface area contributed by atoms with Gasteiger partial charge in [-0.3, -0.25) is 4.90 Å². The summed E-state index contributed by atoms with van der Waals surface area (Å²) in [6, 6.07) is 5.10. The molecule has 124 valence electrons. The topological polar surface area (TPSA) is 40.6 Å². The van der Waals surface area contributed by atoms with Gasteiger partial charge in [0, 0.05) is 32.4 Å². The van der Waals surface area contributed by atoms with Crippen LogP contribution in [0.3, 0.4) is 0 Å². The molecule has 1 aromatic rings. The van der Waals surface area contributed by atoms with Gasteiger partial charge < -0.3 is 4.90 Å². The molecule has 4 nitrogen and oxygen atoms in total. The van der Waals surface area contributed by atoms with Crippen molar-refractivity contribution in [1.29, 1.82) is 0 Å². The highest BCUT2D eigenvalue weighted by Gasteiger charge is 2.41. The van der Waals surface area contributed by atoms with E-state index in [1.807, 2.05) is 4.90 Å². The average Bonchev–Trinajstić information content (AvgIpc) is 2.45. The Bertz CT molecular complexity index is 623. The number of para-hydroxylation sites is 1. The number of nitrogens with zero attached hydrogens (tertiary/aromatic N) is 2. The lowest BCUT2D eigenvalue weighted by molar-refractivity contribution is -0.179. The molecule has 0 saturated carbocycles. The van der Waals surface area contributed by atoms with Gasteiger partial charge in [-0.1, -0.05) is 12.1 Å². The van der Waals surface area contributed by atoms with E-state index in [2.05, 4.69) is 0 Å². The molecule has 0 aromatic heterocycles. The van der Waals surface area contributed by atoms with E-state index in [-0.39, 0.29) is 18.0 Å². The number of halogens is 3. The summed E-state index contributed by atoms with van der Waals surface area (Å²) in [6.45, 7) is 2.39. The number of benzene rings is 1. The fourth-order valence-electron chi connectivity index (χ4n) is 2.59. The lowest BCUT2D eigenvalue weighted by atomic mass is 10.2. The van der Waals surface area contributed by atoms with Crippen molar-refractivity contribution in [2.45, 2.75) is 24.0 Å². The van der Waals surface area contributed by atoms with Crippen LogP contribution in [-0.4, -0.2) is 58.0 Å². The standard InChI is InChI=1S/C14H19F3N2O2S/c1-11(14(15,16)17)18-7-9-19(10-8-18)12-5-3-4-6-13(12)22(2,20)21/h3-6,11H,7-10H2,1-2H3/t11-/m0/s1. The van der Waals surface area contributed by atoms with Crippen LogP contribution in [-0.2, 0) is 9.84 Å². The molecule has 1 fully saturated rings. The van der Waals surface area contributed by atoms with Crippen LogP contribution in [0.4, 0.5) is 18.9 Å². The van der Waals surface area contributed by atoms with Crippen molar-refractivity contribution < 1.29 is 21.6 Å². The van der Waals surface area contributed by atoms with Crippen molar-refractivity contribution in [2.75, 3.05) is 37.3 Å². The average molecular weight is 336 g/mol. The maximum atomic E-state index is 12.7. The molecule has 22 heavy (non-hydrogen) atoms. The fourth-order valence-corrected chi connectivity index (χ4v) is 3.49. The van der Waals surface area contributed by atoms with Crippen molar-refractivity contribution >= 4 is 15.5 Å². The van der Waals surface area contributed by atoms with E-state index in [4.69, 9.17) is 0 Å². The molecule has 0 N–H and O–H groups in total. The smallest absolute Gasteiger partial charge is 0.368 e. The molecule has 0 bridgehead atoms. The third-order valence-corrected chi connectivity index (χ3v) is 5.09. The molecule has 1 atom stereocenters. The second-order valence-corrected chi connectivity index (χ2v) is 7.46. The molecule has 0 aliphatic carbocycles. The molecule has 0 unspecified atom stereocenters. The van der Waals surface area contributed by atoms with Crippen LogP contribution in [0.1, 0.15) is 6.92 Å². The number of hydrogen-bond donors (Lipinski definition) is 0. The maximum Gasteiger partial charge on any atom is 0.403 e. The first-order valence-electron chi connectivity index (χ1n) is 6.95. The highest BCUT2D eigenvalue weighted by atomic mass is 32.2. The van der Waals surface area contributed by atoms with E-state index in [1.54, 1.807) is 18.2 Å². The fraction of sp³-hybridized carbons (Fsp3) is 0.571. The van der Waals surface area contributed by atoms with Crippen LogP contribution in [0, 0.1) is 0 Å². The van der Waals surface area contributed by atoms with Gasteiger partial charge in [-0.2, -0.15) is 13.2 Å². The summed E-state index contributed by atoms with van der Waals surface area (Å²) in [6.07, 6.45) is -3.11. The maximum absolute atomic E-state index is 12.7. The van der Waals surface area contributed by atoms with Gasteiger partial charge in [0.1, 0.15) is 6.04 Å². The Hall–Kier alpha value is -1.28. The number of alkyl halides is 3. The Labute approximate surface area is 128 Å². The molecule has 1 aromatic carbocycles. The molecule has 1 aliphatic heterocycles. The molecular weight excluding hydrogens is 317 g/mol. The summed E-state index contributed by atoms with van der Waals surface area (Å²) in [4.78, 5) is 3.42. The largest absolute Gasteiger partial charge is 0.403 e. The first-order valence-corrected chi connectivity index (χ1v) is 8.84. The molecule has 1 heterocycles. The van der Waals surface area contributed by atoms with Crippen molar-refractivity contribution in [3.8, 4) is 0 Å². The normalized spacial score (nSPS) is 19.2. The molecule has 2 rings (SSSR count). The van der Waals surface area contributed by atoms with Crippen molar-refractivity contribution in [1.82, 2.24) is 4.90 Å². The van der Waals surface area contributed by atoms with Gasteiger partial charge in [-0.15, -0.1) is 0 Å². The summed E-state index contributed by atoms with van der Waals surface area (Å²) >= 11 is 0.